The summed E-state index contributed by atoms with van der Waals surface area (Å²) in [6, 6.07) is 30.7. The fourth-order valence-corrected chi connectivity index (χ4v) is 4.48. The van der Waals surface area contributed by atoms with Crippen LogP contribution in [0.2, 0.25) is 0 Å². The van der Waals surface area contributed by atoms with Gasteiger partial charge in [-0.2, -0.15) is 0 Å². The van der Waals surface area contributed by atoms with Gasteiger partial charge in [-0.05, 0) is 60.9 Å². The monoisotopic (exact) mass is 506 g/mol. The lowest BCUT2D eigenvalue weighted by Gasteiger charge is -2.24. The molecule has 4 aromatic rings. The Morgan fingerprint density at radius 1 is 0.842 bits per heavy atom. The first kappa shape index (κ1) is 25.1. The Bertz CT molecular complexity index is 1430. The zero-order valence-electron chi connectivity index (χ0n) is 21.5. The van der Waals surface area contributed by atoms with E-state index in [1.165, 1.54) is 0 Å². The molecule has 1 aliphatic heterocycles. The third kappa shape index (κ3) is 5.86. The Kier molecular flexibility index (Phi) is 7.40. The average Bonchev–Trinajstić information content (AvgIpc) is 3.41. The van der Waals surface area contributed by atoms with Crippen LogP contribution in [0.1, 0.15) is 45.6 Å². The third-order valence-corrected chi connectivity index (χ3v) is 6.59. The maximum absolute atomic E-state index is 13.8. The molecule has 6 heteroatoms. The maximum atomic E-state index is 13.8. The number of hydrogen-bond acceptors (Lipinski definition) is 4. The summed E-state index contributed by atoms with van der Waals surface area (Å²) in [5.41, 5.74) is 5.25. The highest BCUT2D eigenvalue weighted by atomic mass is 16.7. The molecule has 6 nitrogen and oxygen atoms in total. The first-order chi connectivity index (χ1) is 18.5. The molecular weight excluding hydrogens is 476 g/mol. The summed E-state index contributed by atoms with van der Waals surface area (Å²) < 4.78 is 10.9. The molecule has 0 aliphatic carbocycles. The van der Waals surface area contributed by atoms with Crippen molar-refractivity contribution in [2.24, 2.45) is 0 Å². The van der Waals surface area contributed by atoms with Crippen LogP contribution in [0.15, 0.2) is 97.1 Å². The molecule has 4 aromatic carbocycles. The summed E-state index contributed by atoms with van der Waals surface area (Å²) in [6.45, 7) is 4.53. The second-order valence-electron chi connectivity index (χ2n) is 9.49. The van der Waals surface area contributed by atoms with E-state index < -0.39 is 0 Å². The van der Waals surface area contributed by atoms with Crippen LogP contribution < -0.4 is 19.7 Å². The molecule has 0 saturated heterocycles. The van der Waals surface area contributed by atoms with Crippen LogP contribution in [-0.4, -0.2) is 18.6 Å². The molecule has 0 radical (unpaired) electrons. The van der Waals surface area contributed by atoms with Crippen LogP contribution in [0, 0.1) is 6.92 Å². The maximum Gasteiger partial charge on any atom is 0.258 e. The van der Waals surface area contributed by atoms with Gasteiger partial charge in [0.05, 0.1) is 19.0 Å². The molecule has 0 saturated carbocycles. The van der Waals surface area contributed by atoms with Crippen molar-refractivity contribution in [2.75, 3.05) is 11.7 Å². The molecule has 0 aromatic heterocycles. The summed E-state index contributed by atoms with van der Waals surface area (Å²) in [5, 5.41) is 3.07. The van der Waals surface area contributed by atoms with E-state index in [0.717, 1.165) is 27.9 Å². The largest absolute Gasteiger partial charge is 0.454 e. The van der Waals surface area contributed by atoms with Gasteiger partial charge in [0.25, 0.3) is 5.91 Å². The molecule has 38 heavy (non-hydrogen) atoms. The molecule has 0 unspecified atom stereocenters. The molecular formula is C32H30N2O4. The van der Waals surface area contributed by atoms with E-state index in [1.807, 2.05) is 92.7 Å². The normalized spacial score (nSPS) is 12.6. The van der Waals surface area contributed by atoms with Crippen LogP contribution in [0.3, 0.4) is 0 Å². The second-order valence-corrected chi connectivity index (χ2v) is 9.49. The fourth-order valence-electron chi connectivity index (χ4n) is 4.48. The Labute approximate surface area is 222 Å². The van der Waals surface area contributed by atoms with E-state index in [0.29, 0.717) is 23.6 Å². The topological polar surface area (TPSA) is 67.9 Å². The Morgan fingerprint density at radius 2 is 1.61 bits per heavy atom. The van der Waals surface area contributed by atoms with E-state index in [1.54, 1.807) is 23.1 Å². The van der Waals surface area contributed by atoms with E-state index in [-0.39, 0.29) is 31.1 Å². The van der Waals surface area contributed by atoms with Crippen LogP contribution in [0.4, 0.5) is 5.69 Å². The summed E-state index contributed by atoms with van der Waals surface area (Å²) in [5.74, 6) is 0.947. The number of carbonyl (C=O) groups is 2. The number of hydrogen-bond donors (Lipinski definition) is 1. The molecule has 1 heterocycles. The Morgan fingerprint density at radius 3 is 2.39 bits per heavy atom. The number of amides is 2. The van der Waals surface area contributed by atoms with Gasteiger partial charge >= 0.3 is 0 Å². The minimum absolute atomic E-state index is 0.0781. The molecule has 0 fully saturated rings. The van der Waals surface area contributed by atoms with Gasteiger partial charge in [-0.25, -0.2) is 0 Å². The molecule has 1 N–H and O–H groups in total. The fraction of sp³-hybridized carbons (Fsp3) is 0.188. The van der Waals surface area contributed by atoms with Crippen LogP contribution >= 0.6 is 0 Å². The highest BCUT2D eigenvalue weighted by molar-refractivity contribution is 6.06. The highest BCUT2D eigenvalue weighted by Crippen LogP contribution is 2.33. The van der Waals surface area contributed by atoms with Crippen molar-refractivity contribution in [3.63, 3.8) is 0 Å². The summed E-state index contributed by atoms with van der Waals surface area (Å²) in [4.78, 5) is 28.4. The molecule has 1 atom stereocenters. The number of nitrogens with one attached hydrogen (secondary N) is 1. The predicted molar refractivity (Wildman–Crippen MR) is 147 cm³/mol. The van der Waals surface area contributed by atoms with Crippen molar-refractivity contribution >= 4 is 17.5 Å². The van der Waals surface area contributed by atoms with Crippen molar-refractivity contribution < 1.29 is 19.1 Å². The van der Waals surface area contributed by atoms with E-state index in [2.05, 4.69) is 5.32 Å². The first-order valence-electron chi connectivity index (χ1n) is 12.7. The average molecular weight is 507 g/mol. The van der Waals surface area contributed by atoms with Gasteiger partial charge in [0.1, 0.15) is 0 Å². The third-order valence-electron chi connectivity index (χ3n) is 6.59. The lowest BCUT2D eigenvalue weighted by atomic mass is 10.1. The van der Waals surface area contributed by atoms with Crippen molar-refractivity contribution in [1.29, 1.82) is 0 Å². The molecule has 5 rings (SSSR count). The number of nitrogens with zero attached hydrogens (tertiary/aromatic N) is 1. The SMILES string of the molecule is Cc1ccc(CN(C(=O)c2ccc3c(c2)OCO3)c2cccc(CC(=O)N[C@H](C)c3ccccc3)c2)cc1. The van der Waals surface area contributed by atoms with Gasteiger partial charge in [0.2, 0.25) is 12.7 Å². The van der Waals surface area contributed by atoms with Gasteiger partial charge in [-0.1, -0.05) is 72.3 Å². The molecule has 192 valence electrons. The molecule has 1 aliphatic rings. The van der Waals surface area contributed by atoms with Gasteiger partial charge < -0.3 is 19.7 Å². The standard InChI is InChI=1S/C32H30N2O4/c1-22-11-13-24(14-12-22)20-34(32(36)27-15-16-29-30(19-27)38-21-37-29)28-10-6-7-25(17-28)18-31(35)33-23(2)26-8-4-3-5-9-26/h3-17,19,23H,18,20-21H2,1-2H3,(H,33,35)/t23-/m1/s1. The quantitative estimate of drug-likeness (QED) is 0.319. The number of carbonyl (C=O) groups excluding carboxylic acids is 2. The van der Waals surface area contributed by atoms with Crippen molar-refractivity contribution in [2.45, 2.75) is 32.9 Å². The number of benzene rings is 4. The Balaban J connectivity index is 1.38. The molecule has 2 amide bonds. The second kappa shape index (κ2) is 11.2. The number of fused-ring (bicyclic) bond motifs is 1. The zero-order chi connectivity index (χ0) is 26.5. The summed E-state index contributed by atoms with van der Waals surface area (Å²) in [7, 11) is 0. The summed E-state index contributed by atoms with van der Waals surface area (Å²) >= 11 is 0. The number of ether oxygens (including phenoxy) is 2. The number of rotatable bonds is 8. The van der Waals surface area contributed by atoms with Crippen molar-refractivity contribution in [1.82, 2.24) is 5.32 Å². The van der Waals surface area contributed by atoms with Gasteiger partial charge in [-0.3, -0.25) is 9.59 Å². The van der Waals surface area contributed by atoms with Crippen LogP contribution in [-0.2, 0) is 17.8 Å². The van der Waals surface area contributed by atoms with Gasteiger partial charge in [0.15, 0.2) is 11.5 Å². The predicted octanol–water partition coefficient (Wildman–Crippen LogP) is 5.99. The van der Waals surface area contributed by atoms with E-state index >= 15 is 0 Å². The Hall–Kier alpha value is -4.58. The van der Waals surface area contributed by atoms with Gasteiger partial charge in [0, 0.05) is 11.3 Å². The van der Waals surface area contributed by atoms with E-state index in [9.17, 15) is 9.59 Å². The zero-order valence-corrected chi connectivity index (χ0v) is 21.5. The number of aryl methyl sites for hydroxylation is 1. The van der Waals surface area contributed by atoms with E-state index in [4.69, 9.17) is 9.47 Å². The lowest BCUT2D eigenvalue weighted by molar-refractivity contribution is -0.121. The lowest BCUT2D eigenvalue weighted by Crippen LogP contribution is -2.31. The minimum Gasteiger partial charge on any atom is -0.454 e. The summed E-state index contributed by atoms with van der Waals surface area (Å²) in [6.07, 6.45) is 0.210. The smallest absolute Gasteiger partial charge is 0.258 e. The molecule has 0 bridgehead atoms. The van der Waals surface area contributed by atoms with Crippen LogP contribution in [0.25, 0.3) is 0 Å². The number of anilines is 1. The van der Waals surface area contributed by atoms with Crippen LogP contribution in [0.5, 0.6) is 11.5 Å². The highest BCUT2D eigenvalue weighted by Gasteiger charge is 2.22. The van der Waals surface area contributed by atoms with Crippen molar-refractivity contribution in [3.05, 3.63) is 125 Å². The van der Waals surface area contributed by atoms with Gasteiger partial charge in [-0.15, -0.1) is 0 Å². The van der Waals surface area contributed by atoms with Crippen molar-refractivity contribution in [3.8, 4) is 11.5 Å². The first-order valence-corrected chi connectivity index (χ1v) is 12.7. The molecule has 0 spiro atoms. The minimum atomic E-state index is -0.164.